The molecule has 0 spiro atoms. The van der Waals surface area contributed by atoms with E-state index in [1.165, 1.54) is 0 Å². The Morgan fingerprint density at radius 3 is 2.62 bits per heavy atom. The molecular weight excluding hydrogens is 332 g/mol. The Morgan fingerprint density at radius 1 is 1.38 bits per heavy atom. The number of hydrogen-bond donors (Lipinski definition) is 1. The highest BCUT2D eigenvalue weighted by molar-refractivity contribution is 9.10. The molecule has 2 rings (SSSR count). The van der Waals surface area contributed by atoms with E-state index in [2.05, 4.69) is 26.3 Å². The van der Waals surface area contributed by atoms with Gasteiger partial charge in [-0.25, -0.2) is 0 Å². The van der Waals surface area contributed by atoms with E-state index in [0.29, 0.717) is 13.1 Å². The van der Waals surface area contributed by atoms with Crippen molar-refractivity contribution in [2.75, 3.05) is 18.9 Å². The van der Waals surface area contributed by atoms with E-state index in [1.54, 1.807) is 0 Å². The second-order valence-electron chi connectivity index (χ2n) is 5.11. The highest BCUT2D eigenvalue weighted by atomic mass is 79.9. The minimum absolute atomic E-state index is 0.0265. The van der Waals surface area contributed by atoms with Crippen LogP contribution < -0.4 is 5.32 Å². The van der Waals surface area contributed by atoms with Crippen LogP contribution in [0.5, 0.6) is 0 Å². The van der Waals surface area contributed by atoms with Gasteiger partial charge in [-0.1, -0.05) is 15.9 Å². The summed E-state index contributed by atoms with van der Waals surface area (Å²) in [7, 11) is 3.84. The SMILES string of the molecule is Cc1c(CN(C)CC(=O)Nc2ccc(Br)cc2)cnn1C. The maximum absolute atomic E-state index is 12.0. The number of carbonyl (C=O) groups excluding carboxylic acids is 1. The molecule has 1 amide bonds. The third-order valence-electron chi connectivity index (χ3n) is 3.32. The van der Waals surface area contributed by atoms with Gasteiger partial charge in [-0.15, -0.1) is 0 Å². The molecule has 0 aliphatic rings. The molecule has 2 aromatic rings. The number of rotatable bonds is 5. The van der Waals surface area contributed by atoms with Crippen LogP contribution >= 0.6 is 15.9 Å². The Labute approximate surface area is 133 Å². The minimum atomic E-state index is -0.0265. The molecule has 0 atom stereocenters. The van der Waals surface area contributed by atoms with Gasteiger partial charge in [0.15, 0.2) is 0 Å². The van der Waals surface area contributed by atoms with Crippen molar-refractivity contribution in [1.82, 2.24) is 14.7 Å². The molecule has 0 saturated heterocycles. The summed E-state index contributed by atoms with van der Waals surface area (Å²) in [4.78, 5) is 14.0. The minimum Gasteiger partial charge on any atom is -0.325 e. The van der Waals surface area contributed by atoms with Crippen LogP contribution in [0.15, 0.2) is 34.9 Å². The van der Waals surface area contributed by atoms with E-state index >= 15 is 0 Å². The Bertz CT molecular complexity index is 621. The number of amides is 1. The van der Waals surface area contributed by atoms with Crippen molar-refractivity contribution >= 4 is 27.5 Å². The van der Waals surface area contributed by atoms with Crippen molar-refractivity contribution in [3.63, 3.8) is 0 Å². The van der Waals surface area contributed by atoms with Crippen LogP contribution in [-0.2, 0) is 18.4 Å². The molecule has 5 nitrogen and oxygen atoms in total. The largest absolute Gasteiger partial charge is 0.325 e. The second-order valence-corrected chi connectivity index (χ2v) is 6.02. The van der Waals surface area contributed by atoms with Crippen molar-refractivity contribution < 1.29 is 4.79 Å². The first-order chi connectivity index (χ1) is 9.95. The lowest BCUT2D eigenvalue weighted by atomic mass is 10.2. The first-order valence-corrected chi connectivity index (χ1v) is 7.46. The van der Waals surface area contributed by atoms with Crippen LogP contribution in [0, 0.1) is 6.92 Å². The quantitative estimate of drug-likeness (QED) is 0.901. The van der Waals surface area contributed by atoms with Crippen molar-refractivity contribution in [2.45, 2.75) is 13.5 Å². The molecule has 1 aromatic carbocycles. The van der Waals surface area contributed by atoms with Crippen molar-refractivity contribution in [2.24, 2.45) is 7.05 Å². The molecule has 0 aliphatic heterocycles. The summed E-state index contributed by atoms with van der Waals surface area (Å²) in [5.74, 6) is -0.0265. The van der Waals surface area contributed by atoms with Gasteiger partial charge in [0.05, 0.1) is 12.7 Å². The molecule has 0 radical (unpaired) electrons. The predicted octanol–water partition coefficient (Wildman–Crippen LogP) is 2.56. The normalized spacial score (nSPS) is 10.9. The van der Waals surface area contributed by atoms with E-state index in [4.69, 9.17) is 0 Å². The van der Waals surface area contributed by atoms with Gasteiger partial charge in [0.2, 0.25) is 5.91 Å². The summed E-state index contributed by atoms with van der Waals surface area (Å²) in [6.07, 6.45) is 1.85. The number of carbonyl (C=O) groups is 1. The van der Waals surface area contributed by atoms with Gasteiger partial charge in [-0.2, -0.15) is 5.10 Å². The third kappa shape index (κ3) is 4.41. The zero-order valence-corrected chi connectivity index (χ0v) is 14.0. The number of aromatic nitrogens is 2. The van der Waals surface area contributed by atoms with E-state index in [-0.39, 0.29) is 5.91 Å². The molecule has 0 fully saturated rings. The van der Waals surface area contributed by atoms with Crippen LogP contribution in [0.3, 0.4) is 0 Å². The van der Waals surface area contributed by atoms with Gasteiger partial charge in [-0.05, 0) is 38.2 Å². The lowest BCUT2D eigenvalue weighted by molar-refractivity contribution is -0.117. The molecule has 112 valence electrons. The summed E-state index contributed by atoms with van der Waals surface area (Å²) < 4.78 is 2.83. The topological polar surface area (TPSA) is 50.2 Å². The van der Waals surface area contributed by atoms with Crippen molar-refractivity contribution in [3.05, 3.63) is 46.2 Å². The summed E-state index contributed by atoms with van der Waals surface area (Å²) in [6.45, 7) is 3.07. The Morgan fingerprint density at radius 2 is 2.05 bits per heavy atom. The third-order valence-corrected chi connectivity index (χ3v) is 3.85. The van der Waals surface area contributed by atoms with Gasteiger partial charge in [0, 0.05) is 35.0 Å². The first-order valence-electron chi connectivity index (χ1n) is 6.67. The van der Waals surface area contributed by atoms with Crippen LogP contribution in [0.2, 0.25) is 0 Å². The monoisotopic (exact) mass is 350 g/mol. The molecule has 1 aromatic heterocycles. The lowest BCUT2D eigenvalue weighted by Crippen LogP contribution is -2.29. The highest BCUT2D eigenvalue weighted by Crippen LogP contribution is 2.14. The second kappa shape index (κ2) is 6.87. The molecule has 6 heteroatoms. The van der Waals surface area contributed by atoms with Gasteiger partial charge in [0.25, 0.3) is 0 Å². The van der Waals surface area contributed by atoms with Crippen LogP contribution in [-0.4, -0.2) is 34.2 Å². The molecule has 0 unspecified atom stereocenters. The lowest BCUT2D eigenvalue weighted by Gasteiger charge is -2.16. The van der Waals surface area contributed by atoms with E-state index < -0.39 is 0 Å². The zero-order chi connectivity index (χ0) is 15.4. The summed E-state index contributed by atoms with van der Waals surface area (Å²) >= 11 is 3.37. The molecule has 1 heterocycles. The number of nitrogens with one attached hydrogen (secondary N) is 1. The van der Waals surface area contributed by atoms with E-state index in [1.807, 2.05) is 61.1 Å². The highest BCUT2D eigenvalue weighted by Gasteiger charge is 2.10. The molecular formula is C15H19BrN4O. The van der Waals surface area contributed by atoms with Crippen molar-refractivity contribution in [1.29, 1.82) is 0 Å². The standard InChI is InChI=1S/C15H19BrN4O/c1-11-12(8-17-20(11)3)9-19(2)10-15(21)18-14-6-4-13(16)5-7-14/h4-8H,9-10H2,1-3H3,(H,18,21). The number of nitrogens with zero attached hydrogens (tertiary/aromatic N) is 3. The summed E-state index contributed by atoms with van der Waals surface area (Å²) in [6, 6.07) is 7.54. The van der Waals surface area contributed by atoms with Gasteiger partial charge < -0.3 is 5.32 Å². The van der Waals surface area contributed by atoms with Gasteiger partial charge in [-0.3, -0.25) is 14.4 Å². The molecule has 21 heavy (non-hydrogen) atoms. The number of hydrogen-bond acceptors (Lipinski definition) is 3. The van der Waals surface area contributed by atoms with E-state index in [0.717, 1.165) is 21.4 Å². The average Bonchev–Trinajstić information content (AvgIpc) is 2.73. The van der Waals surface area contributed by atoms with Crippen molar-refractivity contribution in [3.8, 4) is 0 Å². The van der Waals surface area contributed by atoms with Crippen LogP contribution in [0.25, 0.3) is 0 Å². The molecule has 0 bridgehead atoms. The maximum Gasteiger partial charge on any atom is 0.238 e. The maximum atomic E-state index is 12.0. The smallest absolute Gasteiger partial charge is 0.238 e. The number of anilines is 1. The summed E-state index contributed by atoms with van der Waals surface area (Å²) in [5, 5.41) is 7.09. The fourth-order valence-corrected chi connectivity index (χ4v) is 2.29. The Hall–Kier alpha value is -1.66. The number of benzene rings is 1. The van der Waals surface area contributed by atoms with E-state index in [9.17, 15) is 4.79 Å². The van der Waals surface area contributed by atoms with Gasteiger partial charge in [0.1, 0.15) is 0 Å². The Kier molecular flexibility index (Phi) is 5.14. The number of halogens is 1. The fraction of sp³-hybridized carbons (Fsp3) is 0.333. The molecule has 0 saturated carbocycles. The number of likely N-dealkylation sites (N-methyl/N-ethyl adjacent to an activating group) is 1. The Balaban J connectivity index is 1.87. The number of aryl methyl sites for hydroxylation is 1. The molecule has 0 aliphatic carbocycles. The summed E-state index contributed by atoms with van der Waals surface area (Å²) in [5.41, 5.74) is 3.06. The molecule has 1 N–H and O–H groups in total. The zero-order valence-electron chi connectivity index (χ0n) is 12.4. The van der Waals surface area contributed by atoms with Crippen LogP contribution in [0.1, 0.15) is 11.3 Å². The predicted molar refractivity (Wildman–Crippen MR) is 87.1 cm³/mol. The fourth-order valence-electron chi connectivity index (χ4n) is 2.02. The van der Waals surface area contributed by atoms with Crippen LogP contribution in [0.4, 0.5) is 5.69 Å². The van der Waals surface area contributed by atoms with Gasteiger partial charge >= 0.3 is 0 Å². The average molecular weight is 351 g/mol. The first kappa shape index (κ1) is 15.7.